The summed E-state index contributed by atoms with van der Waals surface area (Å²) < 4.78 is 10.7. The van der Waals surface area contributed by atoms with E-state index in [4.69, 9.17) is 20.8 Å². The molecule has 0 unspecified atom stereocenters. The van der Waals surface area contributed by atoms with Gasteiger partial charge in [-0.2, -0.15) is 0 Å². The molecule has 1 N–H and O–H groups in total. The number of nitrogens with one attached hydrogen (secondary N) is 1. The molecule has 0 saturated carbocycles. The highest BCUT2D eigenvalue weighted by Gasteiger charge is 2.10. The molecule has 0 aliphatic carbocycles. The minimum Gasteiger partial charge on any atom is -0.497 e. The lowest BCUT2D eigenvalue weighted by atomic mass is 10.3. The topological polar surface area (TPSA) is 64.4 Å². The number of rotatable bonds is 5. The summed E-state index contributed by atoms with van der Waals surface area (Å²) in [5.41, 5.74) is 2.00. The Balaban J connectivity index is 1.61. The Hall–Kier alpha value is -2.18. The molecule has 5 nitrogen and oxygen atoms in total. The van der Waals surface area contributed by atoms with E-state index in [-0.39, 0.29) is 11.7 Å². The van der Waals surface area contributed by atoms with Crippen LogP contribution in [0.3, 0.4) is 0 Å². The number of amides is 1. The number of carbonyl (C=O) groups is 1. The zero-order valence-electron chi connectivity index (χ0n) is 12.2. The third-order valence-electron chi connectivity index (χ3n) is 3.01. The third kappa shape index (κ3) is 3.97. The standard InChI is InChI=1S/C16H13ClN2O3S/c1-21-12-4-2-3-11(8-12)18-15(20)9-23-16-19-13-7-10(17)5-6-14(13)22-16/h2-8H,9H2,1H3,(H,18,20). The molecule has 1 amide bonds. The van der Waals surface area contributed by atoms with E-state index in [0.717, 1.165) is 0 Å². The van der Waals surface area contributed by atoms with Gasteiger partial charge in [-0.15, -0.1) is 0 Å². The number of aromatic nitrogens is 1. The van der Waals surface area contributed by atoms with E-state index in [1.807, 2.05) is 12.1 Å². The minimum atomic E-state index is -0.149. The van der Waals surface area contributed by atoms with Crippen LogP contribution >= 0.6 is 23.4 Å². The summed E-state index contributed by atoms with van der Waals surface area (Å²) in [5.74, 6) is 0.729. The quantitative estimate of drug-likeness (QED) is 0.699. The van der Waals surface area contributed by atoms with Crippen molar-refractivity contribution >= 4 is 46.1 Å². The number of hydrogen-bond donors (Lipinski definition) is 1. The number of fused-ring (bicyclic) bond motifs is 1. The largest absolute Gasteiger partial charge is 0.497 e. The van der Waals surface area contributed by atoms with Crippen molar-refractivity contribution in [2.24, 2.45) is 0 Å². The fourth-order valence-electron chi connectivity index (χ4n) is 1.97. The summed E-state index contributed by atoms with van der Waals surface area (Å²) in [6, 6.07) is 12.4. The molecule has 0 saturated heterocycles. The summed E-state index contributed by atoms with van der Waals surface area (Å²) in [7, 11) is 1.58. The molecule has 2 aromatic carbocycles. The molecule has 0 aliphatic rings. The highest BCUT2D eigenvalue weighted by Crippen LogP contribution is 2.25. The lowest BCUT2D eigenvalue weighted by molar-refractivity contribution is -0.113. The van der Waals surface area contributed by atoms with Crippen molar-refractivity contribution in [1.82, 2.24) is 4.98 Å². The Kier molecular flexibility index (Phi) is 4.73. The first-order valence-electron chi connectivity index (χ1n) is 6.77. The van der Waals surface area contributed by atoms with Gasteiger partial charge in [0, 0.05) is 16.8 Å². The van der Waals surface area contributed by atoms with Crippen molar-refractivity contribution in [3.8, 4) is 5.75 Å². The maximum Gasteiger partial charge on any atom is 0.257 e. The van der Waals surface area contributed by atoms with Crippen LogP contribution in [0.2, 0.25) is 5.02 Å². The molecule has 0 spiro atoms. The van der Waals surface area contributed by atoms with Crippen LogP contribution in [-0.2, 0) is 4.79 Å². The number of ether oxygens (including phenoxy) is 1. The van der Waals surface area contributed by atoms with Crippen molar-refractivity contribution in [1.29, 1.82) is 0 Å². The van der Waals surface area contributed by atoms with Gasteiger partial charge in [0.25, 0.3) is 5.22 Å². The Morgan fingerprint density at radius 1 is 1.35 bits per heavy atom. The van der Waals surface area contributed by atoms with Gasteiger partial charge in [0.1, 0.15) is 11.3 Å². The van der Waals surface area contributed by atoms with Crippen LogP contribution in [-0.4, -0.2) is 23.8 Å². The number of nitrogens with zero attached hydrogens (tertiary/aromatic N) is 1. The Morgan fingerprint density at radius 3 is 3.04 bits per heavy atom. The van der Waals surface area contributed by atoms with Gasteiger partial charge in [-0.25, -0.2) is 4.98 Å². The van der Waals surface area contributed by atoms with Crippen molar-refractivity contribution in [3.63, 3.8) is 0 Å². The van der Waals surface area contributed by atoms with Crippen LogP contribution < -0.4 is 10.1 Å². The molecule has 0 bridgehead atoms. The van der Waals surface area contributed by atoms with Gasteiger partial charge in [-0.05, 0) is 30.3 Å². The summed E-state index contributed by atoms with van der Waals surface area (Å²) in [4.78, 5) is 16.3. The molecule has 1 heterocycles. The van der Waals surface area contributed by atoms with E-state index in [2.05, 4.69) is 10.3 Å². The van der Waals surface area contributed by atoms with E-state index >= 15 is 0 Å². The van der Waals surface area contributed by atoms with Crippen LogP contribution in [0.5, 0.6) is 5.75 Å². The van der Waals surface area contributed by atoms with Gasteiger partial charge in [0.15, 0.2) is 5.58 Å². The highest BCUT2D eigenvalue weighted by molar-refractivity contribution is 7.99. The first-order chi connectivity index (χ1) is 11.1. The number of thioether (sulfide) groups is 1. The lowest BCUT2D eigenvalue weighted by Crippen LogP contribution is -2.13. The zero-order valence-corrected chi connectivity index (χ0v) is 13.8. The van der Waals surface area contributed by atoms with E-state index < -0.39 is 0 Å². The summed E-state index contributed by atoms with van der Waals surface area (Å²) >= 11 is 7.13. The van der Waals surface area contributed by atoms with Crippen LogP contribution in [0.1, 0.15) is 0 Å². The Labute approximate surface area is 142 Å². The second-order valence-corrected chi connectivity index (χ2v) is 6.02. The van der Waals surface area contributed by atoms with Crippen LogP contribution in [0.25, 0.3) is 11.1 Å². The monoisotopic (exact) mass is 348 g/mol. The molecule has 3 aromatic rings. The number of halogens is 1. The minimum absolute atomic E-state index is 0.149. The second-order valence-electron chi connectivity index (χ2n) is 4.66. The molecule has 23 heavy (non-hydrogen) atoms. The molecular formula is C16H13ClN2O3S. The summed E-state index contributed by atoms with van der Waals surface area (Å²) in [6.07, 6.45) is 0. The second kappa shape index (κ2) is 6.93. The first kappa shape index (κ1) is 15.7. The van der Waals surface area contributed by atoms with E-state index in [1.54, 1.807) is 37.4 Å². The first-order valence-corrected chi connectivity index (χ1v) is 8.13. The summed E-state index contributed by atoms with van der Waals surface area (Å²) in [6.45, 7) is 0. The average molecular weight is 349 g/mol. The van der Waals surface area contributed by atoms with E-state index in [1.165, 1.54) is 11.8 Å². The van der Waals surface area contributed by atoms with Gasteiger partial charge in [-0.3, -0.25) is 4.79 Å². The molecule has 1 aromatic heterocycles. The third-order valence-corrected chi connectivity index (χ3v) is 4.07. The van der Waals surface area contributed by atoms with Crippen LogP contribution in [0, 0.1) is 0 Å². The zero-order chi connectivity index (χ0) is 16.2. The molecule has 118 valence electrons. The van der Waals surface area contributed by atoms with Gasteiger partial charge in [0.2, 0.25) is 5.91 Å². The smallest absolute Gasteiger partial charge is 0.257 e. The molecule has 0 radical (unpaired) electrons. The number of anilines is 1. The van der Waals surface area contributed by atoms with Crippen LogP contribution in [0.15, 0.2) is 52.1 Å². The van der Waals surface area contributed by atoms with Crippen molar-refractivity contribution in [3.05, 3.63) is 47.5 Å². The number of oxazole rings is 1. The number of carbonyl (C=O) groups excluding carboxylic acids is 1. The molecule has 0 atom stereocenters. The Morgan fingerprint density at radius 2 is 2.22 bits per heavy atom. The number of hydrogen-bond acceptors (Lipinski definition) is 5. The van der Waals surface area contributed by atoms with Gasteiger partial charge >= 0.3 is 0 Å². The number of benzene rings is 2. The number of methoxy groups -OCH3 is 1. The average Bonchev–Trinajstić information content (AvgIpc) is 2.95. The van der Waals surface area contributed by atoms with E-state index in [0.29, 0.717) is 32.8 Å². The summed E-state index contributed by atoms with van der Waals surface area (Å²) in [5, 5.41) is 3.83. The Bertz CT molecular complexity index is 850. The molecular weight excluding hydrogens is 336 g/mol. The van der Waals surface area contributed by atoms with Gasteiger partial charge < -0.3 is 14.5 Å². The molecule has 0 aliphatic heterocycles. The predicted octanol–water partition coefficient (Wildman–Crippen LogP) is 4.22. The van der Waals surface area contributed by atoms with Gasteiger partial charge in [-0.1, -0.05) is 29.4 Å². The molecule has 0 fully saturated rings. The van der Waals surface area contributed by atoms with Crippen LogP contribution in [0.4, 0.5) is 5.69 Å². The normalized spacial score (nSPS) is 10.7. The maximum atomic E-state index is 12.0. The fourth-order valence-corrected chi connectivity index (χ4v) is 2.77. The SMILES string of the molecule is COc1cccc(NC(=O)CSc2nc3cc(Cl)ccc3o2)c1. The predicted molar refractivity (Wildman–Crippen MR) is 91.4 cm³/mol. The van der Waals surface area contributed by atoms with E-state index in [9.17, 15) is 4.79 Å². The maximum absolute atomic E-state index is 12.0. The van der Waals surface area contributed by atoms with Crippen molar-refractivity contribution in [2.75, 3.05) is 18.2 Å². The van der Waals surface area contributed by atoms with Crippen molar-refractivity contribution in [2.45, 2.75) is 5.22 Å². The lowest BCUT2D eigenvalue weighted by Gasteiger charge is -2.05. The van der Waals surface area contributed by atoms with Crippen molar-refractivity contribution < 1.29 is 13.9 Å². The highest BCUT2D eigenvalue weighted by atomic mass is 35.5. The molecule has 7 heteroatoms. The molecule has 3 rings (SSSR count). The van der Waals surface area contributed by atoms with Gasteiger partial charge in [0.05, 0.1) is 12.9 Å². The fraction of sp³-hybridized carbons (Fsp3) is 0.125.